The van der Waals surface area contributed by atoms with Crippen LogP contribution in [0.4, 0.5) is 9.93 Å². The van der Waals surface area contributed by atoms with Gasteiger partial charge in [-0.25, -0.2) is 19.4 Å². The van der Waals surface area contributed by atoms with Gasteiger partial charge in [-0.3, -0.25) is 5.32 Å². The van der Waals surface area contributed by atoms with Gasteiger partial charge >= 0.3 is 6.03 Å². The van der Waals surface area contributed by atoms with Crippen molar-refractivity contribution < 1.29 is 4.79 Å². The van der Waals surface area contributed by atoms with E-state index in [1.54, 1.807) is 12.5 Å². The van der Waals surface area contributed by atoms with E-state index in [4.69, 9.17) is 0 Å². The van der Waals surface area contributed by atoms with Crippen LogP contribution < -0.4 is 10.6 Å². The molecule has 20 heavy (non-hydrogen) atoms. The first-order valence-electron chi connectivity index (χ1n) is 6.63. The van der Waals surface area contributed by atoms with Crippen molar-refractivity contribution in [3.8, 4) is 0 Å². The van der Waals surface area contributed by atoms with E-state index < -0.39 is 0 Å². The van der Waals surface area contributed by atoms with E-state index in [9.17, 15) is 4.79 Å². The monoisotopic (exact) mass is 292 g/mol. The number of anilines is 1. The highest BCUT2D eigenvalue weighted by molar-refractivity contribution is 7.15. The molecule has 2 amide bonds. The summed E-state index contributed by atoms with van der Waals surface area (Å²) in [6.45, 7) is 2.73. The van der Waals surface area contributed by atoms with Gasteiger partial charge in [-0.2, -0.15) is 5.10 Å². The normalized spacial score (nSPS) is 17.6. The smallest absolute Gasteiger partial charge is 0.321 e. The van der Waals surface area contributed by atoms with Crippen LogP contribution in [0.1, 0.15) is 24.0 Å². The molecule has 3 heterocycles. The average Bonchev–Trinajstić information content (AvgIpc) is 3.06. The molecule has 0 unspecified atom stereocenters. The summed E-state index contributed by atoms with van der Waals surface area (Å²) in [5.74, 6) is 0.982. The van der Waals surface area contributed by atoms with Crippen molar-refractivity contribution >= 4 is 22.5 Å². The molecular weight excluding hydrogens is 276 g/mol. The first-order valence-corrected chi connectivity index (χ1v) is 7.45. The predicted molar refractivity (Wildman–Crippen MR) is 75.8 cm³/mol. The van der Waals surface area contributed by atoms with Crippen LogP contribution in [0.15, 0.2) is 12.5 Å². The molecule has 7 nitrogen and oxygen atoms in total. The standard InChI is InChI=1S/C12H16N6OS/c1-2-9-5-13-12(20-9)17-11(19)16-8-3-4-10-14-7-15-18(10)6-8/h5,7-8H,2-4,6H2,1H3,(H2,13,16,17,19)/t8-/m1/s1. The molecule has 3 rings (SSSR count). The zero-order valence-corrected chi connectivity index (χ0v) is 12.0. The molecule has 0 aromatic carbocycles. The lowest BCUT2D eigenvalue weighted by Gasteiger charge is -2.23. The van der Waals surface area contributed by atoms with Gasteiger partial charge < -0.3 is 5.32 Å². The van der Waals surface area contributed by atoms with Gasteiger partial charge in [-0.05, 0) is 12.8 Å². The summed E-state index contributed by atoms with van der Waals surface area (Å²) in [6.07, 6.45) is 5.99. The molecule has 2 aromatic rings. The van der Waals surface area contributed by atoms with E-state index in [1.165, 1.54) is 11.3 Å². The van der Waals surface area contributed by atoms with Gasteiger partial charge in [0.1, 0.15) is 12.2 Å². The van der Waals surface area contributed by atoms with Crippen molar-refractivity contribution in [2.75, 3.05) is 5.32 Å². The van der Waals surface area contributed by atoms with Gasteiger partial charge in [0.25, 0.3) is 0 Å². The maximum absolute atomic E-state index is 11.9. The third kappa shape index (κ3) is 2.79. The maximum atomic E-state index is 11.9. The Morgan fingerprint density at radius 1 is 1.55 bits per heavy atom. The molecule has 2 N–H and O–H groups in total. The lowest BCUT2D eigenvalue weighted by molar-refractivity contribution is 0.243. The highest BCUT2D eigenvalue weighted by atomic mass is 32.1. The number of rotatable bonds is 3. The van der Waals surface area contributed by atoms with E-state index >= 15 is 0 Å². The lowest BCUT2D eigenvalue weighted by Crippen LogP contribution is -2.43. The summed E-state index contributed by atoms with van der Waals surface area (Å²) in [4.78, 5) is 21.4. The fourth-order valence-corrected chi connectivity index (χ4v) is 2.95. The van der Waals surface area contributed by atoms with E-state index in [2.05, 4.69) is 32.6 Å². The summed E-state index contributed by atoms with van der Waals surface area (Å²) < 4.78 is 1.84. The molecule has 2 aromatic heterocycles. The molecule has 1 atom stereocenters. The number of carbonyl (C=O) groups is 1. The van der Waals surface area contributed by atoms with Gasteiger partial charge in [-0.1, -0.05) is 6.92 Å². The summed E-state index contributed by atoms with van der Waals surface area (Å²) >= 11 is 1.50. The first kappa shape index (κ1) is 13.0. The highest BCUT2D eigenvalue weighted by Gasteiger charge is 2.21. The number of hydrogen-bond donors (Lipinski definition) is 2. The molecular formula is C12H16N6OS. The molecule has 0 saturated heterocycles. The molecule has 8 heteroatoms. The second kappa shape index (κ2) is 5.58. The molecule has 0 saturated carbocycles. The molecule has 0 radical (unpaired) electrons. The predicted octanol–water partition coefficient (Wildman–Crippen LogP) is 1.43. The number of carbonyl (C=O) groups excluding carboxylic acids is 1. The number of nitrogens with one attached hydrogen (secondary N) is 2. The third-order valence-electron chi connectivity index (χ3n) is 3.26. The number of nitrogens with zero attached hydrogens (tertiary/aromatic N) is 4. The fraction of sp³-hybridized carbons (Fsp3) is 0.500. The Labute approximate surface area is 120 Å². The highest BCUT2D eigenvalue weighted by Crippen LogP contribution is 2.18. The van der Waals surface area contributed by atoms with E-state index in [0.717, 1.165) is 30.0 Å². The number of thiazole rings is 1. The maximum Gasteiger partial charge on any atom is 0.321 e. The average molecular weight is 292 g/mol. The second-order valence-corrected chi connectivity index (χ2v) is 5.79. The Morgan fingerprint density at radius 2 is 2.45 bits per heavy atom. The number of hydrogen-bond acceptors (Lipinski definition) is 5. The minimum atomic E-state index is -0.212. The molecule has 0 fully saturated rings. The Kier molecular flexibility index (Phi) is 3.64. The van der Waals surface area contributed by atoms with Crippen LogP contribution in [0.3, 0.4) is 0 Å². The van der Waals surface area contributed by atoms with Gasteiger partial charge in [0, 0.05) is 17.5 Å². The minimum absolute atomic E-state index is 0.0785. The zero-order chi connectivity index (χ0) is 13.9. The summed E-state index contributed by atoms with van der Waals surface area (Å²) in [6, 6.07) is -0.134. The Balaban J connectivity index is 1.54. The number of aryl methyl sites for hydroxylation is 2. The number of amides is 2. The molecule has 1 aliphatic heterocycles. The molecule has 1 aliphatic rings. The van der Waals surface area contributed by atoms with Crippen molar-refractivity contribution in [1.29, 1.82) is 0 Å². The van der Waals surface area contributed by atoms with Crippen LogP contribution in [0.5, 0.6) is 0 Å². The van der Waals surface area contributed by atoms with E-state index in [0.29, 0.717) is 11.7 Å². The van der Waals surface area contributed by atoms with Gasteiger partial charge in [0.05, 0.1) is 12.6 Å². The van der Waals surface area contributed by atoms with Crippen LogP contribution in [-0.4, -0.2) is 31.8 Å². The van der Waals surface area contributed by atoms with Crippen molar-refractivity contribution in [1.82, 2.24) is 25.1 Å². The van der Waals surface area contributed by atoms with E-state index in [-0.39, 0.29) is 12.1 Å². The van der Waals surface area contributed by atoms with Crippen molar-refractivity contribution in [3.05, 3.63) is 23.2 Å². The number of urea groups is 1. The van der Waals surface area contributed by atoms with Gasteiger partial charge in [0.15, 0.2) is 5.13 Å². The summed E-state index contributed by atoms with van der Waals surface area (Å²) in [5.41, 5.74) is 0. The van der Waals surface area contributed by atoms with Crippen molar-refractivity contribution in [2.24, 2.45) is 0 Å². The largest absolute Gasteiger partial charge is 0.333 e. The quantitative estimate of drug-likeness (QED) is 0.896. The van der Waals surface area contributed by atoms with Crippen LogP contribution in [-0.2, 0) is 19.4 Å². The van der Waals surface area contributed by atoms with Crippen LogP contribution in [0, 0.1) is 0 Å². The van der Waals surface area contributed by atoms with Crippen molar-refractivity contribution in [3.63, 3.8) is 0 Å². The van der Waals surface area contributed by atoms with Crippen LogP contribution >= 0.6 is 11.3 Å². The summed E-state index contributed by atoms with van der Waals surface area (Å²) in [7, 11) is 0. The van der Waals surface area contributed by atoms with Crippen LogP contribution in [0.2, 0.25) is 0 Å². The number of fused-ring (bicyclic) bond motifs is 1. The van der Waals surface area contributed by atoms with Gasteiger partial charge in [-0.15, -0.1) is 11.3 Å². The topological polar surface area (TPSA) is 84.7 Å². The Bertz CT molecular complexity index is 607. The first-order chi connectivity index (χ1) is 9.74. The SMILES string of the molecule is CCc1cnc(NC(=O)N[C@@H]2CCc3ncnn3C2)s1. The molecule has 0 aliphatic carbocycles. The molecule has 0 spiro atoms. The third-order valence-corrected chi connectivity index (χ3v) is 4.32. The zero-order valence-electron chi connectivity index (χ0n) is 11.2. The Hall–Kier alpha value is -1.96. The van der Waals surface area contributed by atoms with Gasteiger partial charge in [0.2, 0.25) is 0 Å². The number of aromatic nitrogens is 4. The lowest BCUT2D eigenvalue weighted by atomic mass is 10.1. The minimum Gasteiger partial charge on any atom is -0.333 e. The fourth-order valence-electron chi connectivity index (χ4n) is 2.20. The molecule has 106 valence electrons. The summed E-state index contributed by atoms with van der Waals surface area (Å²) in [5, 5.41) is 10.5. The second-order valence-electron chi connectivity index (χ2n) is 4.68. The Morgan fingerprint density at radius 3 is 3.25 bits per heavy atom. The van der Waals surface area contributed by atoms with Crippen molar-refractivity contribution in [2.45, 2.75) is 38.8 Å². The van der Waals surface area contributed by atoms with E-state index in [1.807, 2.05) is 4.68 Å². The molecule has 0 bridgehead atoms. The van der Waals surface area contributed by atoms with Crippen LogP contribution in [0.25, 0.3) is 0 Å².